The van der Waals surface area contributed by atoms with Crippen molar-refractivity contribution in [1.82, 2.24) is 4.90 Å². The minimum absolute atomic E-state index is 0.0267. The van der Waals surface area contributed by atoms with Crippen LogP contribution in [0.3, 0.4) is 0 Å². The quantitative estimate of drug-likeness (QED) is 0.373. The molecule has 6 aliphatic rings. The molecule has 38 heavy (non-hydrogen) atoms. The van der Waals surface area contributed by atoms with Crippen LogP contribution in [0.25, 0.3) is 0 Å². The number of carbonyl (C=O) groups excluding carboxylic acids is 1. The summed E-state index contributed by atoms with van der Waals surface area (Å²) < 4.78 is 0. The first-order valence-corrected chi connectivity index (χ1v) is 16.0. The van der Waals surface area contributed by atoms with E-state index in [4.69, 9.17) is 0 Å². The van der Waals surface area contributed by atoms with Gasteiger partial charge in [-0.1, -0.05) is 60.1 Å². The monoisotopic (exact) mass is 525 g/mol. The highest BCUT2D eigenvalue weighted by molar-refractivity contribution is 5.84. The van der Waals surface area contributed by atoms with E-state index in [0.29, 0.717) is 30.2 Å². The summed E-state index contributed by atoms with van der Waals surface area (Å²) in [5.41, 5.74) is 2.16. The van der Waals surface area contributed by atoms with E-state index in [0.717, 1.165) is 64.3 Å². The Bertz CT molecular complexity index is 1030. The first-order valence-electron chi connectivity index (χ1n) is 16.0. The van der Waals surface area contributed by atoms with Crippen molar-refractivity contribution in [2.24, 2.45) is 50.2 Å². The molecule has 0 radical (unpaired) electrons. The predicted octanol–water partition coefficient (Wildman–Crippen LogP) is 6.74. The average Bonchev–Trinajstić information content (AvgIpc) is 3.27. The van der Waals surface area contributed by atoms with E-state index in [1.807, 2.05) is 4.90 Å². The average molecular weight is 526 g/mol. The van der Waals surface area contributed by atoms with Gasteiger partial charge < -0.3 is 15.1 Å². The number of aliphatic hydroxyl groups excluding tert-OH is 2. The first kappa shape index (κ1) is 27.3. The second-order valence-corrected chi connectivity index (χ2v) is 16.9. The van der Waals surface area contributed by atoms with Gasteiger partial charge in [-0.3, -0.25) is 4.79 Å². The molecular formula is C34H55NO3. The van der Waals surface area contributed by atoms with Crippen LogP contribution in [0.5, 0.6) is 0 Å². The fourth-order valence-electron chi connectivity index (χ4n) is 11.9. The molecule has 9 atom stereocenters. The maximum absolute atomic E-state index is 14.4. The molecule has 1 saturated heterocycles. The second-order valence-electron chi connectivity index (χ2n) is 16.9. The van der Waals surface area contributed by atoms with Crippen molar-refractivity contribution >= 4 is 5.91 Å². The number of aliphatic hydroxyl groups is 2. The molecule has 0 unspecified atom stereocenters. The molecule has 4 heteroatoms. The third-order valence-corrected chi connectivity index (χ3v) is 14.5. The van der Waals surface area contributed by atoms with E-state index in [9.17, 15) is 15.0 Å². The number of hydrogen-bond donors (Lipinski definition) is 2. The molecule has 0 aromatic carbocycles. The lowest BCUT2D eigenvalue weighted by molar-refractivity contribution is -0.204. The van der Waals surface area contributed by atoms with E-state index in [1.165, 1.54) is 12.8 Å². The summed E-state index contributed by atoms with van der Waals surface area (Å²) in [5.74, 6) is 1.87. The molecule has 5 fully saturated rings. The molecule has 0 spiro atoms. The Morgan fingerprint density at radius 2 is 1.58 bits per heavy atom. The maximum atomic E-state index is 14.4. The summed E-state index contributed by atoms with van der Waals surface area (Å²) in [6, 6.07) is 0. The highest BCUT2D eigenvalue weighted by Crippen LogP contribution is 2.75. The third kappa shape index (κ3) is 3.44. The minimum atomic E-state index is -0.356. The molecule has 2 N–H and O–H groups in total. The van der Waals surface area contributed by atoms with Crippen molar-refractivity contribution in [3.8, 4) is 0 Å². The normalized spacial score (nSPS) is 51.2. The van der Waals surface area contributed by atoms with Gasteiger partial charge in [0, 0.05) is 13.1 Å². The number of β-amino-alcohol motifs (C(OH)–C–C–N with tert-alkyl or cyclic N) is 1. The summed E-state index contributed by atoms with van der Waals surface area (Å²) >= 11 is 0. The van der Waals surface area contributed by atoms with Gasteiger partial charge in [0.05, 0.1) is 17.6 Å². The molecule has 0 aromatic heterocycles. The van der Waals surface area contributed by atoms with Gasteiger partial charge in [0.1, 0.15) is 0 Å². The van der Waals surface area contributed by atoms with Gasteiger partial charge in [-0.15, -0.1) is 0 Å². The van der Waals surface area contributed by atoms with E-state index in [2.05, 4.69) is 54.5 Å². The lowest BCUT2D eigenvalue weighted by Crippen LogP contribution is -2.65. The van der Waals surface area contributed by atoms with Crippen LogP contribution in [0, 0.1) is 50.2 Å². The standard InChI is InChI=1S/C34H55NO3/c1-29(2)15-17-34(28(38)35-19-12-22(36)21-35)18-16-32(6)23(24(34)20-29)8-9-26-31(5)13-11-27(37)30(3,4)25(31)10-14-33(26,32)7/h8,22,24-27,36-37H,9-21H2,1-7H3/t22-,24+,25+,26-,27+,31+,32-,33-,34+/m1/s1. The molecule has 1 amide bonds. The van der Waals surface area contributed by atoms with Crippen LogP contribution in [-0.4, -0.2) is 46.3 Å². The number of rotatable bonds is 1. The molecule has 5 aliphatic carbocycles. The van der Waals surface area contributed by atoms with E-state index < -0.39 is 0 Å². The van der Waals surface area contributed by atoms with Crippen molar-refractivity contribution in [3.63, 3.8) is 0 Å². The predicted molar refractivity (Wildman–Crippen MR) is 152 cm³/mol. The smallest absolute Gasteiger partial charge is 0.229 e. The second kappa shape index (κ2) is 8.34. The molecule has 214 valence electrons. The van der Waals surface area contributed by atoms with Gasteiger partial charge in [0.25, 0.3) is 0 Å². The molecule has 4 saturated carbocycles. The SMILES string of the molecule is CC1(C)CC[C@]2(C(=O)N3CC[C@@H](O)C3)CC[C@]3(C)C(=CC[C@@H]4[C@@]5(C)CC[C@H](O)C(C)(C)[C@@H]5CC[C@]43C)[C@@H]2C1. The molecule has 4 nitrogen and oxygen atoms in total. The molecule has 0 bridgehead atoms. The molecular weight excluding hydrogens is 470 g/mol. The molecule has 0 aromatic rings. The first-order chi connectivity index (χ1) is 17.6. The lowest BCUT2D eigenvalue weighted by Gasteiger charge is -2.71. The summed E-state index contributed by atoms with van der Waals surface area (Å²) in [6.45, 7) is 18.5. The fraction of sp³-hybridized carbons (Fsp3) is 0.912. The van der Waals surface area contributed by atoms with Crippen LogP contribution in [0.15, 0.2) is 11.6 Å². The van der Waals surface area contributed by atoms with Crippen molar-refractivity contribution in [2.75, 3.05) is 13.1 Å². The third-order valence-electron chi connectivity index (χ3n) is 14.5. The highest BCUT2D eigenvalue weighted by Gasteiger charge is 2.69. The Kier molecular flexibility index (Phi) is 5.99. The fourth-order valence-corrected chi connectivity index (χ4v) is 11.9. The minimum Gasteiger partial charge on any atom is -0.393 e. The van der Waals surface area contributed by atoms with Gasteiger partial charge in [-0.2, -0.15) is 0 Å². The van der Waals surface area contributed by atoms with Crippen LogP contribution < -0.4 is 0 Å². The van der Waals surface area contributed by atoms with Gasteiger partial charge in [-0.05, 0) is 115 Å². The van der Waals surface area contributed by atoms with Crippen molar-refractivity contribution in [2.45, 2.75) is 131 Å². The van der Waals surface area contributed by atoms with Crippen LogP contribution >= 0.6 is 0 Å². The Labute approximate surface area is 232 Å². The van der Waals surface area contributed by atoms with Crippen LogP contribution in [0.2, 0.25) is 0 Å². The Hall–Kier alpha value is -0.870. The molecule has 6 rings (SSSR count). The van der Waals surface area contributed by atoms with E-state index in [-0.39, 0.29) is 44.7 Å². The van der Waals surface area contributed by atoms with Crippen LogP contribution in [0.4, 0.5) is 0 Å². The van der Waals surface area contributed by atoms with E-state index >= 15 is 0 Å². The zero-order valence-corrected chi connectivity index (χ0v) is 25.4. The highest BCUT2D eigenvalue weighted by atomic mass is 16.3. The summed E-state index contributed by atoms with van der Waals surface area (Å²) in [6.07, 6.45) is 13.8. The molecule has 1 heterocycles. The van der Waals surface area contributed by atoms with Gasteiger partial charge in [0.15, 0.2) is 0 Å². The zero-order chi connectivity index (χ0) is 27.5. The lowest BCUT2D eigenvalue weighted by atomic mass is 9.33. The largest absolute Gasteiger partial charge is 0.393 e. The number of hydrogen-bond acceptors (Lipinski definition) is 3. The van der Waals surface area contributed by atoms with Crippen molar-refractivity contribution < 1.29 is 15.0 Å². The summed E-state index contributed by atoms with van der Waals surface area (Å²) in [5, 5.41) is 21.3. The van der Waals surface area contributed by atoms with Crippen molar-refractivity contribution in [1.29, 1.82) is 0 Å². The number of amides is 1. The molecule has 1 aliphatic heterocycles. The Balaban J connectivity index is 1.41. The van der Waals surface area contributed by atoms with Crippen LogP contribution in [-0.2, 0) is 4.79 Å². The number of likely N-dealkylation sites (tertiary alicyclic amines) is 1. The zero-order valence-electron chi connectivity index (χ0n) is 25.4. The number of allylic oxidation sites excluding steroid dienone is 2. The topological polar surface area (TPSA) is 60.8 Å². The Morgan fingerprint density at radius 3 is 2.26 bits per heavy atom. The number of carbonyl (C=O) groups is 1. The van der Waals surface area contributed by atoms with Crippen molar-refractivity contribution in [3.05, 3.63) is 11.6 Å². The van der Waals surface area contributed by atoms with Crippen LogP contribution in [0.1, 0.15) is 119 Å². The summed E-state index contributed by atoms with van der Waals surface area (Å²) in [4.78, 5) is 16.4. The Morgan fingerprint density at radius 1 is 0.868 bits per heavy atom. The maximum Gasteiger partial charge on any atom is 0.229 e. The van der Waals surface area contributed by atoms with E-state index in [1.54, 1.807) is 5.57 Å². The summed E-state index contributed by atoms with van der Waals surface area (Å²) in [7, 11) is 0. The van der Waals surface area contributed by atoms with Gasteiger partial charge in [-0.25, -0.2) is 0 Å². The number of fused-ring (bicyclic) bond motifs is 7. The number of nitrogens with zero attached hydrogens (tertiary/aromatic N) is 1. The van der Waals surface area contributed by atoms with Gasteiger partial charge in [0.2, 0.25) is 5.91 Å². The van der Waals surface area contributed by atoms with Gasteiger partial charge >= 0.3 is 0 Å².